The monoisotopic (exact) mass is 239 g/mol. The fourth-order valence-electron chi connectivity index (χ4n) is 2.06. The van der Waals surface area contributed by atoms with Gasteiger partial charge in [0.15, 0.2) is 0 Å². The van der Waals surface area contributed by atoms with Crippen molar-refractivity contribution in [2.75, 3.05) is 6.54 Å². The lowest BCUT2D eigenvalue weighted by Gasteiger charge is -2.34. The highest BCUT2D eigenvalue weighted by Gasteiger charge is 2.30. The van der Waals surface area contributed by atoms with E-state index >= 15 is 0 Å². The van der Waals surface area contributed by atoms with Crippen LogP contribution in [0.4, 0.5) is 0 Å². The fourth-order valence-corrected chi connectivity index (χ4v) is 2.06. The second-order valence-electron chi connectivity index (χ2n) is 3.98. The molecule has 1 saturated heterocycles. The number of tetrazole rings is 1. The lowest BCUT2D eigenvalue weighted by molar-refractivity contribution is -0.138. The lowest BCUT2D eigenvalue weighted by Crippen LogP contribution is -2.45. The highest BCUT2D eigenvalue weighted by Crippen LogP contribution is 2.20. The second-order valence-corrected chi connectivity index (χ2v) is 3.98. The van der Waals surface area contributed by atoms with E-state index in [0.29, 0.717) is 13.0 Å². The van der Waals surface area contributed by atoms with Crippen LogP contribution in [0.3, 0.4) is 0 Å². The van der Waals surface area contributed by atoms with Crippen LogP contribution in [0.15, 0.2) is 0 Å². The van der Waals surface area contributed by atoms with Crippen LogP contribution in [-0.2, 0) is 4.79 Å². The summed E-state index contributed by atoms with van der Waals surface area (Å²) in [6.45, 7) is 0.547. The first kappa shape index (κ1) is 11.5. The van der Waals surface area contributed by atoms with E-state index in [0.717, 1.165) is 12.8 Å². The average molecular weight is 239 g/mol. The third-order valence-corrected chi connectivity index (χ3v) is 2.83. The minimum Gasteiger partial charge on any atom is -0.481 e. The molecule has 1 amide bonds. The summed E-state index contributed by atoms with van der Waals surface area (Å²) in [5.41, 5.74) is 0. The molecule has 0 spiro atoms. The van der Waals surface area contributed by atoms with Crippen LogP contribution in [0.1, 0.15) is 36.3 Å². The molecule has 2 rings (SSSR count). The van der Waals surface area contributed by atoms with Gasteiger partial charge in [0, 0.05) is 12.6 Å². The Hall–Kier alpha value is -1.99. The van der Waals surface area contributed by atoms with Crippen LogP contribution in [0.5, 0.6) is 0 Å². The Morgan fingerprint density at radius 3 is 2.94 bits per heavy atom. The van der Waals surface area contributed by atoms with Gasteiger partial charge in [-0.05, 0) is 24.5 Å². The minimum atomic E-state index is -0.900. The van der Waals surface area contributed by atoms with Crippen LogP contribution in [0.2, 0.25) is 0 Å². The molecule has 0 aromatic carbocycles. The largest absolute Gasteiger partial charge is 0.481 e. The van der Waals surface area contributed by atoms with Gasteiger partial charge in [-0.3, -0.25) is 9.59 Å². The first-order valence-electron chi connectivity index (χ1n) is 5.44. The molecule has 2 heterocycles. The van der Waals surface area contributed by atoms with E-state index in [9.17, 15) is 9.59 Å². The maximum atomic E-state index is 12.0. The molecule has 1 fully saturated rings. The number of carbonyl (C=O) groups is 2. The van der Waals surface area contributed by atoms with Gasteiger partial charge in [0.2, 0.25) is 0 Å². The average Bonchev–Trinajstić information content (AvgIpc) is 2.81. The smallest absolute Gasteiger partial charge is 0.305 e. The number of aromatic amines is 1. The Balaban J connectivity index is 2.10. The van der Waals surface area contributed by atoms with E-state index in [1.54, 1.807) is 0 Å². The predicted molar refractivity (Wildman–Crippen MR) is 55.1 cm³/mol. The van der Waals surface area contributed by atoms with Gasteiger partial charge in [0.25, 0.3) is 11.7 Å². The molecule has 1 aromatic rings. The van der Waals surface area contributed by atoms with Gasteiger partial charge in [0.1, 0.15) is 0 Å². The number of H-pyrrole nitrogens is 1. The van der Waals surface area contributed by atoms with E-state index < -0.39 is 5.97 Å². The Kier molecular flexibility index (Phi) is 3.31. The van der Waals surface area contributed by atoms with Crippen LogP contribution >= 0.6 is 0 Å². The highest BCUT2D eigenvalue weighted by molar-refractivity contribution is 5.90. The predicted octanol–water partition coefficient (Wildman–Crippen LogP) is -0.331. The van der Waals surface area contributed by atoms with Gasteiger partial charge >= 0.3 is 5.97 Å². The number of likely N-dealkylation sites (tertiary alicyclic amines) is 1. The third kappa shape index (κ3) is 2.58. The number of amides is 1. The lowest BCUT2D eigenvalue weighted by atomic mass is 9.99. The standard InChI is InChI=1S/C9H13N5O3/c15-7(16)5-6-3-1-2-4-14(6)9(17)8-10-12-13-11-8/h6H,1-5H2,(H,15,16)(H,10,11,12,13). The maximum Gasteiger partial charge on any atom is 0.305 e. The zero-order valence-electron chi connectivity index (χ0n) is 9.17. The summed E-state index contributed by atoms with van der Waals surface area (Å²) in [6, 6.07) is -0.271. The van der Waals surface area contributed by atoms with Gasteiger partial charge in [0.05, 0.1) is 6.42 Å². The van der Waals surface area contributed by atoms with Crippen molar-refractivity contribution in [1.29, 1.82) is 0 Å². The number of carboxylic acids is 1. The quantitative estimate of drug-likeness (QED) is 0.746. The molecule has 92 valence electrons. The summed E-state index contributed by atoms with van der Waals surface area (Å²) in [6.07, 6.45) is 2.48. The Morgan fingerprint density at radius 1 is 1.47 bits per heavy atom. The third-order valence-electron chi connectivity index (χ3n) is 2.83. The number of hydrogen-bond donors (Lipinski definition) is 2. The SMILES string of the molecule is O=C(O)CC1CCCCN1C(=O)c1nn[nH]n1. The van der Waals surface area contributed by atoms with E-state index in [1.165, 1.54) is 4.90 Å². The van der Waals surface area contributed by atoms with Crippen LogP contribution in [0, 0.1) is 0 Å². The molecule has 2 N–H and O–H groups in total. The number of rotatable bonds is 3. The zero-order chi connectivity index (χ0) is 12.3. The molecule has 1 atom stereocenters. The Labute approximate surface area is 97.0 Å². The molecule has 1 aliphatic rings. The van der Waals surface area contributed by atoms with E-state index in [2.05, 4.69) is 20.6 Å². The Bertz CT molecular complexity index is 405. The van der Waals surface area contributed by atoms with Crippen molar-refractivity contribution in [3.05, 3.63) is 5.82 Å². The number of carboxylic acid groups (broad SMARTS) is 1. The van der Waals surface area contributed by atoms with Crippen LogP contribution in [0.25, 0.3) is 0 Å². The van der Waals surface area contributed by atoms with Crippen molar-refractivity contribution < 1.29 is 14.7 Å². The highest BCUT2D eigenvalue weighted by atomic mass is 16.4. The molecule has 1 unspecified atom stereocenters. The topological polar surface area (TPSA) is 112 Å². The molecular weight excluding hydrogens is 226 g/mol. The number of piperidine rings is 1. The first-order chi connectivity index (χ1) is 8.18. The van der Waals surface area contributed by atoms with E-state index in [-0.39, 0.29) is 24.2 Å². The minimum absolute atomic E-state index is 0.0118. The molecule has 17 heavy (non-hydrogen) atoms. The molecule has 8 nitrogen and oxygen atoms in total. The van der Waals surface area contributed by atoms with Crippen LogP contribution < -0.4 is 0 Å². The molecule has 1 aromatic heterocycles. The zero-order valence-corrected chi connectivity index (χ0v) is 9.17. The van der Waals surface area contributed by atoms with E-state index in [4.69, 9.17) is 5.11 Å². The number of hydrogen-bond acceptors (Lipinski definition) is 5. The molecule has 0 radical (unpaired) electrons. The summed E-state index contributed by atoms with van der Waals surface area (Å²) < 4.78 is 0. The van der Waals surface area contributed by atoms with Crippen molar-refractivity contribution in [2.24, 2.45) is 0 Å². The van der Waals surface area contributed by atoms with Gasteiger partial charge in [-0.25, -0.2) is 0 Å². The van der Waals surface area contributed by atoms with Crippen molar-refractivity contribution in [3.8, 4) is 0 Å². The summed E-state index contributed by atoms with van der Waals surface area (Å²) in [7, 11) is 0. The van der Waals surface area contributed by atoms with Crippen molar-refractivity contribution in [2.45, 2.75) is 31.7 Å². The maximum absolute atomic E-state index is 12.0. The normalized spacial score (nSPS) is 20.2. The summed E-state index contributed by atoms with van der Waals surface area (Å²) in [4.78, 5) is 24.3. The molecule has 0 saturated carbocycles. The van der Waals surface area contributed by atoms with Gasteiger partial charge in [-0.1, -0.05) is 0 Å². The van der Waals surface area contributed by atoms with Crippen LogP contribution in [-0.4, -0.2) is 55.1 Å². The molecule has 0 bridgehead atoms. The van der Waals surface area contributed by atoms with Gasteiger partial charge in [-0.15, -0.1) is 10.2 Å². The second kappa shape index (κ2) is 4.89. The number of aliphatic carboxylic acids is 1. The molecular formula is C9H13N5O3. The van der Waals surface area contributed by atoms with Crippen molar-refractivity contribution in [1.82, 2.24) is 25.5 Å². The first-order valence-corrected chi connectivity index (χ1v) is 5.44. The van der Waals surface area contributed by atoms with E-state index in [1.807, 2.05) is 0 Å². The summed E-state index contributed by atoms with van der Waals surface area (Å²) >= 11 is 0. The van der Waals surface area contributed by atoms with Crippen molar-refractivity contribution >= 4 is 11.9 Å². The Morgan fingerprint density at radius 2 is 2.29 bits per heavy atom. The fraction of sp³-hybridized carbons (Fsp3) is 0.667. The van der Waals surface area contributed by atoms with Gasteiger partial charge < -0.3 is 10.0 Å². The number of nitrogens with one attached hydrogen (secondary N) is 1. The number of carbonyl (C=O) groups excluding carboxylic acids is 1. The molecule has 8 heteroatoms. The summed E-state index contributed by atoms with van der Waals surface area (Å²) in [5.74, 6) is -1.27. The molecule has 0 aliphatic carbocycles. The van der Waals surface area contributed by atoms with Gasteiger partial charge in [-0.2, -0.15) is 5.21 Å². The number of nitrogens with zero attached hydrogens (tertiary/aromatic N) is 4. The summed E-state index contributed by atoms with van der Waals surface area (Å²) in [5, 5.41) is 21.6. The van der Waals surface area contributed by atoms with Crippen molar-refractivity contribution in [3.63, 3.8) is 0 Å². The molecule has 1 aliphatic heterocycles. The number of aromatic nitrogens is 4.